The third kappa shape index (κ3) is 2.02. The van der Waals surface area contributed by atoms with Crippen molar-refractivity contribution in [2.45, 2.75) is 13.1 Å². The molecule has 1 rings (SSSR count). The first-order valence-corrected chi connectivity index (χ1v) is 4.15. The molecule has 0 spiro atoms. The van der Waals surface area contributed by atoms with Gasteiger partial charge >= 0.3 is 6.18 Å². The summed E-state index contributed by atoms with van der Waals surface area (Å²) in [6.07, 6.45) is -4.52. The maximum Gasteiger partial charge on any atom is 0.417 e. The minimum atomic E-state index is -4.52. The van der Waals surface area contributed by atoms with Crippen LogP contribution in [0.5, 0.6) is 0 Å². The monoisotopic (exact) mass is 256 g/mol. The van der Waals surface area contributed by atoms with Crippen LogP contribution in [-0.4, -0.2) is 0 Å². The second-order valence-electron chi connectivity index (χ2n) is 2.53. The van der Waals surface area contributed by atoms with Crippen LogP contribution in [0.15, 0.2) is 16.6 Å². The maximum absolute atomic E-state index is 12.8. The number of alkyl halides is 3. The van der Waals surface area contributed by atoms with E-state index in [1.807, 2.05) is 0 Å². The average Bonchev–Trinajstić information content (AvgIpc) is 1.95. The van der Waals surface area contributed by atoms with Crippen molar-refractivity contribution in [2.75, 3.05) is 0 Å². The predicted octanol–water partition coefficient (Wildman–Crippen LogP) is 3.92. The van der Waals surface area contributed by atoms with Crippen molar-refractivity contribution in [3.8, 4) is 0 Å². The minimum absolute atomic E-state index is 0.140. The van der Waals surface area contributed by atoms with E-state index in [9.17, 15) is 17.6 Å². The highest BCUT2D eigenvalue weighted by Gasteiger charge is 2.35. The SMILES string of the molecule is Cc1c(F)ccc(Br)c1C(F)(F)F. The molecule has 0 N–H and O–H groups in total. The molecule has 0 amide bonds. The van der Waals surface area contributed by atoms with Crippen LogP contribution in [0.25, 0.3) is 0 Å². The maximum atomic E-state index is 12.8. The topological polar surface area (TPSA) is 0 Å². The Labute approximate surface area is 80.7 Å². The fraction of sp³-hybridized carbons (Fsp3) is 0.250. The molecule has 0 fully saturated rings. The summed E-state index contributed by atoms with van der Waals surface area (Å²) in [6, 6.07) is 2.04. The summed E-state index contributed by atoms with van der Waals surface area (Å²) in [5.41, 5.74) is -1.34. The van der Waals surface area contributed by atoms with E-state index in [1.165, 1.54) is 0 Å². The first kappa shape index (κ1) is 10.5. The highest BCUT2D eigenvalue weighted by molar-refractivity contribution is 9.10. The van der Waals surface area contributed by atoms with Gasteiger partial charge in [-0.3, -0.25) is 0 Å². The Balaban J connectivity index is 3.43. The van der Waals surface area contributed by atoms with Crippen molar-refractivity contribution in [3.05, 3.63) is 33.5 Å². The fourth-order valence-corrected chi connectivity index (χ4v) is 1.66. The second-order valence-corrected chi connectivity index (χ2v) is 3.38. The molecule has 72 valence electrons. The number of hydrogen-bond donors (Lipinski definition) is 0. The van der Waals surface area contributed by atoms with Gasteiger partial charge in [0.1, 0.15) is 5.82 Å². The van der Waals surface area contributed by atoms with E-state index in [4.69, 9.17) is 0 Å². The highest BCUT2D eigenvalue weighted by Crippen LogP contribution is 2.37. The molecule has 0 heterocycles. The smallest absolute Gasteiger partial charge is 0.207 e. The van der Waals surface area contributed by atoms with Crippen molar-refractivity contribution in [2.24, 2.45) is 0 Å². The summed E-state index contributed by atoms with van der Waals surface area (Å²) in [5, 5.41) is 0. The molecule has 0 atom stereocenters. The molecular formula is C8H5BrF4. The molecule has 0 nitrogen and oxygen atoms in total. The molecule has 5 heteroatoms. The van der Waals surface area contributed by atoms with E-state index in [-0.39, 0.29) is 10.0 Å². The lowest BCUT2D eigenvalue weighted by atomic mass is 10.1. The standard InChI is InChI=1S/C8H5BrF4/c1-4-6(10)3-2-5(9)7(4)8(11,12)13/h2-3H,1H3. The van der Waals surface area contributed by atoms with Crippen molar-refractivity contribution in [3.63, 3.8) is 0 Å². The van der Waals surface area contributed by atoms with Gasteiger partial charge in [0.25, 0.3) is 0 Å². The molecule has 0 unspecified atom stereocenters. The lowest BCUT2D eigenvalue weighted by molar-refractivity contribution is -0.138. The van der Waals surface area contributed by atoms with Crippen LogP contribution in [0.2, 0.25) is 0 Å². The first-order chi connectivity index (χ1) is 5.84. The first-order valence-electron chi connectivity index (χ1n) is 3.36. The number of benzene rings is 1. The van der Waals surface area contributed by atoms with Gasteiger partial charge in [-0.25, -0.2) is 4.39 Å². The molecule has 0 bridgehead atoms. The van der Waals surface area contributed by atoms with Gasteiger partial charge in [-0.1, -0.05) is 15.9 Å². The van der Waals surface area contributed by atoms with Gasteiger partial charge in [-0.05, 0) is 24.6 Å². The zero-order valence-electron chi connectivity index (χ0n) is 6.54. The molecule has 0 aliphatic rings. The molecule has 0 aromatic heterocycles. The lowest BCUT2D eigenvalue weighted by Gasteiger charge is -2.12. The summed E-state index contributed by atoms with van der Waals surface area (Å²) in [7, 11) is 0. The van der Waals surface area contributed by atoms with Crippen molar-refractivity contribution < 1.29 is 17.6 Å². The Morgan fingerprint density at radius 2 is 1.77 bits per heavy atom. The van der Waals surface area contributed by atoms with E-state index in [0.717, 1.165) is 19.1 Å². The van der Waals surface area contributed by atoms with Gasteiger partial charge in [-0.15, -0.1) is 0 Å². The van der Waals surface area contributed by atoms with Crippen LogP contribution in [0.3, 0.4) is 0 Å². The van der Waals surface area contributed by atoms with E-state index in [1.54, 1.807) is 0 Å². The van der Waals surface area contributed by atoms with Gasteiger partial charge in [-0.2, -0.15) is 13.2 Å². The van der Waals surface area contributed by atoms with Crippen LogP contribution in [0.1, 0.15) is 11.1 Å². The van der Waals surface area contributed by atoms with Gasteiger partial charge in [0.15, 0.2) is 0 Å². The molecule has 0 aliphatic heterocycles. The second kappa shape index (κ2) is 3.29. The fourth-order valence-electron chi connectivity index (χ4n) is 1.00. The number of hydrogen-bond acceptors (Lipinski definition) is 0. The largest absolute Gasteiger partial charge is 0.417 e. The summed E-state index contributed by atoms with van der Waals surface area (Å²) in [5.74, 6) is -0.851. The summed E-state index contributed by atoms with van der Waals surface area (Å²) < 4.78 is 49.5. The molecule has 1 aromatic rings. The van der Waals surface area contributed by atoms with E-state index >= 15 is 0 Å². The summed E-state index contributed by atoms with van der Waals surface area (Å²) in [4.78, 5) is 0. The normalized spacial score (nSPS) is 11.8. The van der Waals surface area contributed by atoms with Crippen LogP contribution in [0.4, 0.5) is 17.6 Å². The van der Waals surface area contributed by atoms with Crippen LogP contribution >= 0.6 is 15.9 Å². The van der Waals surface area contributed by atoms with Crippen molar-refractivity contribution in [1.29, 1.82) is 0 Å². The summed E-state index contributed by atoms with van der Waals surface area (Å²) in [6.45, 7) is 1.10. The van der Waals surface area contributed by atoms with E-state index in [2.05, 4.69) is 15.9 Å². The highest BCUT2D eigenvalue weighted by atomic mass is 79.9. The van der Waals surface area contributed by atoms with Gasteiger partial charge in [0.2, 0.25) is 0 Å². The molecule has 0 saturated carbocycles. The van der Waals surface area contributed by atoms with Gasteiger partial charge in [0.05, 0.1) is 5.56 Å². The third-order valence-corrected chi connectivity index (χ3v) is 2.29. The van der Waals surface area contributed by atoms with E-state index in [0.29, 0.717) is 0 Å². The Morgan fingerprint density at radius 1 is 1.23 bits per heavy atom. The zero-order chi connectivity index (χ0) is 10.2. The molecule has 0 aliphatic carbocycles. The number of halogens is 5. The molecular weight excluding hydrogens is 252 g/mol. The molecule has 1 aromatic carbocycles. The average molecular weight is 257 g/mol. The Bertz CT molecular complexity index is 330. The molecule has 0 radical (unpaired) electrons. The van der Waals surface area contributed by atoms with Gasteiger partial charge < -0.3 is 0 Å². The van der Waals surface area contributed by atoms with Crippen molar-refractivity contribution >= 4 is 15.9 Å². The van der Waals surface area contributed by atoms with Crippen LogP contribution in [-0.2, 0) is 6.18 Å². The Hall–Kier alpha value is -0.580. The third-order valence-electron chi connectivity index (χ3n) is 1.63. The van der Waals surface area contributed by atoms with E-state index < -0.39 is 17.6 Å². The molecule has 13 heavy (non-hydrogen) atoms. The quantitative estimate of drug-likeness (QED) is 0.618. The van der Waals surface area contributed by atoms with Crippen LogP contribution in [0, 0.1) is 12.7 Å². The summed E-state index contributed by atoms with van der Waals surface area (Å²) >= 11 is 2.73. The number of rotatable bonds is 0. The predicted molar refractivity (Wildman–Crippen MR) is 43.8 cm³/mol. The van der Waals surface area contributed by atoms with Crippen molar-refractivity contribution in [1.82, 2.24) is 0 Å². The molecule has 0 saturated heterocycles. The lowest BCUT2D eigenvalue weighted by Crippen LogP contribution is -2.09. The Kier molecular flexibility index (Phi) is 2.66. The van der Waals surface area contributed by atoms with Crippen LogP contribution < -0.4 is 0 Å². The van der Waals surface area contributed by atoms with Gasteiger partial charge in [0, 0.05) is 4.47 Å². The minimum Gasteiger partial charge on any atom is -0.207 e. The Morgan fingerprint density at radius 3 is 2.15 bits per heavy atom. The zero-order valence-corrected chi connectivity index (χ0v) is 8.13.